The number of thiophene rings is 1. The molecule has 1 aromatic heterocycles. The van der Waals surface area contributed by atoms with Crippen molar-refractivity contribution in [3.63, 3.8) is 0 Å². The number of aliphatic imine (C=N–C) groups is 1. The lowest BCUT2D eigenvalue weighted by atomic mass is 10.0. The first-order valence-corrected chi connectivity index (χ1v) is 6.36. The van der Waals surface area contributed by atoms with Gasteiger partial charge in [-0.2, -0.15) is 21.9 Å². The summed E-state index contributed by atoms with van der Waals surface area (Å²) in [5.74, 6) is -0.608. The number of hydrogen-bond donors (Lipinski definition) is 0. The molecule has 0 fully saturated rings. The molecule has 1 aromatic rings. The summed E-state index contributed by atoms with van der Waals surface area (Å²) in [5, 5.41) is 21.8. The molecule has 0 N–H and O–H groups in total. The highest BCUT2D eigenvalue weighted by atomic mass is 32.1. The summed E-state index contributed by atoms with van der Waals surface area (Å²) in [7, 11) is 0. The van der Waals surface area contributed by atoms with Gasteiger partial charge in [-0.3, -0.25) is 4.99 Å². The molecule has 0 spiro atoms. The molecule has 0 aliphatic carbocycles. The van der Waals surface area contributed by atoms with Crippen LogP contribution in [0.2, 0.25) is 0 Å². The molecule has 6 heteroatoms. The quantitative estimate of drug-likeness (QED) is 0.467. The predicted molar refractivity (Wildman–Crippen MR) is 71.6 cm³/mol. The molecule has 0 saturated carbocycles. The maximum absolute atomic E-state index is 11.2. The monoisotopic (exact) mass is 273 g/mol. The SMILES string of the molecule is CCOC(=O)/C=C\C(C#N)(C#N)N=Cc1ccsc1. The molecule has 5 nitrogen and oxygen atoms in total. The summed E-state index contributed by atoms with van der Waals surface area (Å²) < 4.78 is 4.68. The summed E-state index contributed by atoms with van der Waals surface area (Å²) in [4.78, 5) is 15.1. The molecular weight excluding hydrogens is 262 g/mol. The number of ether oxygens (including phenoxy) is 1. The van der Waals surface area contributed by atoms with E-state index >= 15 is 0 Å². The van der Waals surface area contributed by atoms with Crippen LogP contribution in [0.5, 0.6) is 0 Å². The third-order valence-electron chi connectivity index (χ3n) is 2.05. The maximum Gasteiger partial charge on any atom is 0.330 e. The van der Waals surface area contributed by atoms with Crippen LogP contribution in [0.15, 0.2) is 34.0 Å². The molecule has 0 aliphatic rings. The van der Waals surface area contributed by atoms with E-state index in [1.54, 1.807) is 19.1 Å². The van der Waals surface area contributed by atoms with Gasteiger partial charge in [0.2, 0.25) is 0 Å². The highest BCUT2D eigenvalue weighted by Gasteiger charge is 2.25. The van der Waals surface area contributed by atoms with Crippen molar-refractivity contribution < 1.29 is 9.53 Å². The van der Waals surface area contributed by atoms with Crippen molar-refractivity contribution in [2.45, 2.75) is 12.5 Å². The number of rotatable bonds is 5. The van der Waals surface area contributed by atoms with E-state index in [-0.39, 0.29) is 6.61 Å². The van der Waals surface area contributed by atoms with Crippen LogP contribution >= 0.6 is 11.3 Å². The second kappa shape index (κ2) is 7.10. The molecule has 0 radical (unpaired) electrons. The first-order valence-electron chi connectivity index (χ1n) is 5.41. The topological polar surface area (TPSA) is 86.2 Å². The molecular formula is C13H11N3O2S. The fourth-order valence-electron chi connectivity index (χ4n) is 1.10. The van der Waals surface area contributed by atoms with Crippen LogP contribution in [0.3, 0.4) is 0 Å². The van der Waals surface area contributed by atoms with E-state index in [0.717, 1.165) is 17.7 Å². The van der Waals surface area contributed by atoms with Gasteiger partial charge in [0.15, 0.2) is 0 Å². The minimum absolute atomic E-state index is 0.230. The second-order valence-electron chi connectivity index (χ2n) is 3.39. The lowest BCUT2D eigenvalue weighted by molar-refractivity contribution is -0.137. The Kier molecular flexibility index (Phi) is 5.46. The molecule has 1 rings (SSSR count). The van der Waals surface area contributed by atoms with Crippen LogP contribution in [-0.4, -0.2) is 24.3 Å². The summed E-state index contributed by atoms with van der Waals surface area (Å²) in [6.07, 6.45) is 3.60. The number of nitriles is 2. The Morgan fingerprint density at radius 2 is 2.32 bits per heavy atom. The van der Waals surface area contributed by atoms with Gasteiger partial charge in [-0.15, -0.1) is 0 Å². The van der Waals surface area contributed by atoms with Crippen molar-refractivity contribution in [2.75, 3.05) is 6.61 Å². The Balaban J connectivity index is 2.90. The number of hydrogen-bond acceptors (Lipinski definition) is 6. The van der Waals surface area contributed by atoms with Crippen LogP contribution < -0.4 is 0 Å². The normalized spacial score (nSPS) is 11.3. The minimum atomic E-state index is -1.71. The Morgan fingerprint density at radius 3 is 2.84 bits per heavy atom. The van der Waals surface area contributed by atoms with Crippen LogP contribution in [0.25, 0.3) is 0 Å². The third kappa shape index (κ3) is 4.38. The Bertz CT molecular complexity index is 548. The summed E-state index contributed by atoms with van der Waals surface area (Å²) in [6.45, 7) is 1.90. The largest absolute Gasteiger partial charge is 0.463 e. The number of carbonyl (C=O) groups is 1. The summed E-state index contributed by atoms with van der Waals surface area (Å²) >= 11 is 1.48. The van der Waals surface area contributed by atoms with Crippen LogP contribution in [0.4, 0.5) is 0 Å². The van der Waals surface area contributed by atoms with E-state index in [1.165, 1.54) is 17.6 Å². The first-order chi connectivity index (χ1) is 9.15. The highest BCUT2D eigenvalue weighted by molar-refractivity contribution is 7.08. The standard InChI is InChI=1S/C13H11N3O2S/c1-2-18-12(17)3-5-13(9-14,10-15)16-7-11-4-6-19-8-11/h3-8H,2H2,1H3/b5-3-,16-7?. The van der Waals surface area contributed by atoms with Crippen molar-refractivity contribution in [2.24, 2.45) is 4.99 Å². The van der Waals surface area contributed by atoms with E-state index in [4.69, 9.17) is 10.5 Å². The van der Waals surface area contributed by atoms with Crippen molar-refractivity contribution in [1.29, 1.82) is 10.5 Å². The summed E-state index contributed by atoms with van der Waals surface area (Å²) in [6, 6.07) is 5.36. The van der Waals surface area contributed by atoms with E-state index in [1.807, 2.05) is 16.8 Å². The fourth-order valence-corrected chi connectivity index (χ4v) is 1.71. The molecule has 0 bridgehead atoms. The average molecular weight is 273 g/mol. The predicted octanol–water partition coefficient (Wildman–Crippen LogP) is 2.07. The third-order valence-corrected chi connectivity index (χ3v) is 2.75. The van der Waals surface area contributed by atoms with Crippen molar-refractivity contribution in [3.8, 4) is 12.1 Å². The average Bonchev–Trinajstić information content (AvgIpc) is 2.93. The van der Waals surface area contributed by atoms with Crippen LogP contribution in [0, 0.1) is 22.7 Å². The Hall–Kier alpha value is -2.44. The molecule has 0 amide bonds. The van der Waals surface area contributed by atoms with Gasteiger partial charge in [0.25, 0.3) is 5.54 Å². The summed E-state index contributed by atoms with van der Waals surface area (Å²) in [5.41, 5.74) is -0.918. The zero-order chi connectivity index (χ0) is 14.1. The van der Waals surface area contributed by atoms with E-state index < -0.39 is 11.5 Å². The molecule has 0 saturated heterocycles. The molecule has 0 aliphatic heterocycles. The number of esters is 1. The van der Waals surface area contributed by atoms with Gasteiger partial charge >= 0.3 is 5.97 Å². The molecule has 0 unspecified atom stereocenters. The van der Waals surface area contributed by atoms with Crippen molar-refractivity contribution in [3.05, 3.63) is 34.5 Å². The van der Waals surface area contributed by atoms with E-state index in [9.17, 15) is 4.79 Å². The molecule has 0 aromatic carbocycles. The Morgan fingerprint density at radius 1 is 1.58 bits per heavy atom. The van der Waals surface area contributed by atoms with E-state index in [2.05, 4.69) is 9.73 Å². The van der Waals surface area contributed by atoms with Gasteiger partial charge in [-0.05, 0) is 29.8 Å². The minimum Gasteiger partial charge on any atom is -0.463 e. The van der Waals surface area contributed by atoms with Gasteiger partial charge in [0.1, 0.15) is 12.1 Å². The smallest absolute Gasteiger partial charge is 0.330 e. The zero-order valence-corrected chi connectivity index (χ0v) is 11.1. The van der Waals surface area contributed by atoms with E-state index in [0.29, 0.717) is 0 Å². The van der Waals surface area contributed by atoms with Crippen molar-refractivity contribution >= 4 is 23.5 Å². The fraction of sp³-hybridized carbons (Fsp3) is 0.231. The lowest BCUT2D eigenvalue weighted by Gasteiger charge is -2.06. The van der Waals surface area contributed by atoms with Gasteiger partial charge in [0, 0.05) is 17.9 Å². The second-order valence-corrected chi connectivity index (χ2v) is 4.17. The number of carbonyl (C=O) groups excluding carboxylic acids is 1. The van der Waals surface area contributed by atoms with Crippen molar-refractivity contribution in [1.82, 2.24) is 0 Å². The van der Waals surface area contributed by atoms with Crippen LogP contribution in [-0.2, 0) is 9.53 Å². The van der Waals surface area contributed by atoms with Crippen LogP contribution in [0.1, 0.15) is 12.5 Å². The maximum atomic E-state index is 11.2. The first kappa shape index (κ1) is 14.6. The molecule has 1 heterocycles. The highest BCUT2D eigenvalue weighted by Crippen LogP contribution is 2.12. The molecule has 96 valence electrons. The Labute approximate surface area is 115 Å². The van der Waals surface area contributed by atoms with Gasteiger partial charge in [-0.25, -0.2) is 4.79 Å². The number of nitrogens with zero attached hydrogens (tertiary/aromatic N) is 3. The van der Waals surface area contributed by atoms with Gasteiger partial charge in [-0.1, -0.05) is 0 Å². The molecule has 0 atom stereocenters. The molecule has 19 heavy (non-hydrogen) atoms. The zero-order valence-electron chi connectivity index (χ0n) is 10.2. The van der Waals surface area contributed by atoms with Gasteiger partial charge < -0.3 is 4.74 Å². The van der Waals surface area contributed by atoms with Gasteiger partial charge in [0.05, 0.1) is 6.61 Å². The lowest BCUT2D eigenvalue weighted by Crippen LogP contribution is -2.19.